The van der Waals surface area contributed by atoms with Crippen LogP contribution in [0.3, 0.4) is 0 Å². The SMILES string of the molecule is O=C(Nc1ccccn1)c1cc(NC(=O)c2nc(C(F)(F)F)[nH]c2-c2ccc(F)cc2)ccc1Cl. The number of halogens is 5. The van der Waals surface area contributed by atoms with Gasteiger partial charge in [-0.05, 0) is 54.6 Å². The van der Waals surface area contributed by atoms with Crippen LogP contribution in [0.5, 0.6) is 0 Å². The van der Waals surface area contributed by atoms with E-state index in [-0.39, 0.29) is 33.3 Å². The molecule has 0 aliphatic carbocycles. The minimum Gasteiger partial charge on any atom is -0.334 e. The fraction of sp³-hybridized carbons (Fsp3) is 0.0435. The summed E-state index contributed by atoms with van der Waals surface area (Å²) < 4.78 is 53.1. The summed E-state index contributed by atoms with van der Waals surface area (Å²) in [5.74, 6) is -3.34. The van der Waals surface area contributed by atoms with Gasteiger partial charge in [-0.1, -0.05) is 17.7 Å². The van der Waals surface area contributed by atoms with Crippen molar-refractivity contribution in [1.82, 2.24) is 15.0 Å². The molecule has 0 saturated heterocycles. The predicted molar refractivity (Wildman–Crippen MR) is 121 cm³/mol. The normalized spacial score (nSPS) is 11.2. The molecular formula is C23H14ClF4N5O2. The van der Waals surface area contributed by atoms with Crippen LogP contribution in [0.2, 0.25) is 5.02 Å². The lowest BCUT2D eigenvalue weighted by Gasteiger charge is -2.10. The van der Waals surface area contributed by atoms with Gasteiger partial charge in [-0.2, -0.15) is 13.2 Å². The number of rotatable bonds is 5. The average Bonchev–Trinajstić information content (AvgIpc) is 3.28. The largest absolute Gasteiger partial charge is 0.449 e. The van der Waals surface area contributed by atoms with Gasteiger partial charge in [0.2, 0.25) is 5.82 Å². The predicted octanol–water partition coefficient (Wildman–Crippen LogP) is 5.79. The van der Waals surface area contributed by atoms with Gasteiger partial charge in [0.15, 0.2) is 5.69 Å². The molecule has 0 aliphatic heterocycles. The molecule has 35 heavy (non-hydrogen) atoms. The van der Waals surface area contributed by atoms with E-state index < -0.39 is 35.3 Å². The van der Waals surface area contributed by atoms with Gasteiger partial charge >= 0.3 is 6.18 Å². The van der Waals surface area contributed by atoms with E-state index in [1.165, 1.54) is 36.5 Å². The van der Waals surface area contributed by atoms with Gasteiger partial charge in [0, 0.05) is 17.4 Å². The highest BCUT2D eigenvalue weighted by Crippen LogP contribution is 2.32. The summed E-state index contributed by atoms with van der Waals surface area (Å²) in [7, 11) is 0. The molecule has 0 spiro atoms. The molecule has 2 heterocycles. The summed E-state index contributed by atoms with van der Waals surface area (Å²) in [6.07, 6.45) is -3.38. The van der Waals surface area contributed by atoms with E-state index >= 15 is 0 Å². The van der Waals surface area contributed by atoms with Crippen molar-refractivity contribution in [3.63, 3.8) is 0 Å². The number of benzene rings is 2. The number of nitrogens with zero attached hydrogens (tertiary/aromatic N) is 2. The quantitative estimate of drug-likeness (QED) is 0.300. The average molecular weight is 504 g/mol. The molecule has 7 nitrogen and oxygen atoms in total. The van der Waals surface area contributed by atoms with Crippen LogP contribution in [-0.4, -0.2) is 26.8 Å². The van der Waals surface area contributed by atoms with Crippen molar-refractivity contribution >= 4 is 34.9 Å². The van der Waals surface area contributed by atoms with Gasteiger partial charge in [0.1, 0.15) is 11.6 Å². The Bertz CT molecular complexity index is 1390. The standard InChI is InChI=1S/C23H14ClF4N5O2/c24-16-9-8-14(11-15(16)20(34)31-17-3-1-2-10-29-17)30-21(35)19-18(12-4-6-13(25)7-5-12)32-22(33-19)23(26,27)28/h1-11H,(H,30,35)(H,32,33)(H,29,31,34). The molecule has 2 amide bonds. The number of alkyl halides is 3. The Morgan fingerprint density at radius 3 is 2.34 bits per heavy atom. The highest BCUT2D eigenvalue weighted by atomic mass is 35.5. The van der Waals surface area contributed by atoms with Crippen LogP contribution in [0.1, 0.15) is 26.7 Å². The van der Waals surface area contributed by atoms with E-state index in [2.05, 4.69) is 25.6 Å². The van der Waals surface area contributed by atoms with Crippen molar-refractivity contribution in [3.05, 3.63) is 94.8 Å². The van der Waals surface area contributed by atoms with E-state index in [0.29, 0.717) is 0 Å². The minimum atomic E-state index is -4.86. The first-order valence-electron chi connectivity index (χ1n) is 9.88. The summed E-state index contributed by atoms with van der Waals surface area (Å²) in [5, 5.41) is 5.03. The number of pyridine rings is 1. The van der Waals surface area contributed by atoms with Gasteiger partial charge in [0.25, 0.3) is 11.8 Å². The lowest BCUT2D eigenvalue weighted by atomic mass is 10.1. The number of hydrogen-bond acceptors (Lipinski definition) is 4. The van der Waals surface area contributed by atoms with Crippen LogP contribution in [0.4, 0.5) is 29.1 Å². The minimum absolute atomic E-state index is 0.00751. The molecule has 0 bridgehead atoms. The zero-order valence-corrected chi connectivity index (χ0v) is 18.2. The van der Waals surface area contributed by atoms with Crippen molar-refractivity contribution in [2.75, 3.05) is 10.6 Å². The number of carbonyl (C=O) groups excluding carboxylic acids is 2. The zero-order valence-electron chi connectivity index (χ0n) is 17.5. The molecule has 4 aromatic rings. The number of nitrogens with one attached hydrogen (secondary N) is 3. The Kier molecular flexibility index (Phi) is 6.52. The van der Waals surface area contributed by atoms with Gasteiger partial charge in [-0.15, -0.1) is 0 Å². The fourth-order valence-corrected chi connectivity index (χ4v) is 3.29. The molecule has 0 atom stereocenters. The molecule has 4 rings (SSSR count). The van der Waals surface area contributed by atoms with Crippen molar-refractivity contribution in [1.29, 1.82) is 0 Å². The van der Waals surface area contributed by atoms with E-state index in [0.717, 1.165) is 12.1 Å². The molecule has 178 valence electrons. The Hall–Kier alpha value is -4.25. The second kappa shape index (κ2) is 9.55. The molecule has 3 N–H and O–H groups in total. The number of carbonyl (C=O) groups is 2. The molecule has 12 heteroatoms. The number of amides is 2. The summed E-state index contributed by atoms with van der Waals surface area (Å²) >= 11 is 6.12. The van der Waals surface area contributed by atoms with Gasteiger partial charge in [-0.25, -0.2) is 14.4 Å². The first-order chi connectivity index (χ1) is 16.6. The summed E-state index contributed by atoms with van der Waals surface area (Å²) in [5.41, 5.74) is -0.638. The van der Waals surface area contributed by atoms with Crippen molar-refractivity contribution in [2.24, 2.45) is 0 Å². The summed E-state index contributed by atoms with van der Waals surface area (Å²) in [6.45, 7) is 0. The van der Waals surface area contributed by atoms with Crippen LogP contribution in [0.15, 0.2) is 66.9 Å². The Balaban J connectivity index is 1.63. The lowest BCUT2D eigenvalue weighted by Crippen LogP contribution is -2.16. The molecule has 0 radical (unpaired) electrons. The third kappa shape index (κ3) is 5.46. The smallest absolute Gasteiger partial charge is 0.334 e. The highest BCUT2D eigenvalue weighted by Gasteiger charge is 2.37. The van der Waals surface area contributed by atoms with Crippen LogP contribution in [-0.2, 0) is 6.18 Å². The van der Waals surface area contributed by atoms with Crippen LogP contribution in [0.25, 0.3) is 11.3 Å². The first-order valence-corrected chi connectivity index (χ1v) is 10.3. The number of hydrogen-bond donors (Lipinski definition) is 3. The molecule has 0 saturated carbocycles. The van der Waals surface area contributed by atoms with E-state index in [1.54, 1.807) is 18.2 Å². The zero-order chi connectivity index (χ0) is 25.2. The molecule has 2 aromatic heterocycles. The van der Waals surface area contributed by atoms with Gasteiger partial charge < -0.3 is 15.6 Å². The lowest BCUT2D eigenvalue weighted by molar-refractivity contribution is -0.144. The maximum atomic E-state index is 13.3. The monoisotopic (exact) mass is 503 g/mol. The second-order valence-electron chi connectivity index (χ2n) is 7.13. The fourth-order valence-electron chi connectivity index (χ4n) is 3.08. The maximum absolute atomic E-state index is 13.3. The first kappa shape index (κ1) is 23.9. The van der Waals surface area contributed by atoms with Crippen LogP contribution >= 0.6 is 11.6 Å². The summed E-state index contributed by atoms with van der Waals surface area (Å²) in [4.78, 5) is 35.0. The third-order valence-corrected chi connectivity index (χ3v) is 5.03. The highest BCUT2D eigenvalue weighted by molar-refractivity contribution is 6.34. The third-order valence-electron chi connectivity index (χ3n) is 4.70. The topological polar surface area (TPSA) is 99.8 Å². The van der Waals surface area contributed by atoms with Crippen LogP contribution < -0.4 is 10.6 Å². The number of H-pyrrole nitrogens is 1. The van der Waals surface area contributed by atoms with Gasteiger partial charge in [-0.3, -0.25) is 9.59 Å². The van der Waals surface area contributed by atoms with E-state index in [4.69, 9.17) is 11.6 Å². The van der Waals surface area contributed by atoms with Crippen LogP contribution in [0, 0.1) is 5.82 Å². The molecule has 0 aliphatic rings. The summed E-state index contributed by atoms with van der Waals surface area (Å²) in [6, 6.07) is 13.4. The van der Waals surface area contributed by atoms with Gasteiger partial charge in [0.05, 0.1) is 16.3 Å². The number of imidazole rings is 1. The molecule has 2 aromatic carbocycles. The Morgan fingerprint density at radius 1 is 0.943 bits per heavy atom. The number of aromatic amines is 1. The number of anilines is 2. The maximum Gasteiger partial charge on any atom is 0.449 e. The molecule has 0 fully saturated rings. The van der Waals surface area contributed by atoms with Crippen molar-refractivity contribution < 1.29 is 27.2 Å². The van der Waals surface area contributed by atoms with E-state index in [9.17, 15) is 27.2 Å². The Labute approximate surface area is 200 Å². The molecular weight excluding hydrogens is 490 g/mol. The van der Waals surface area contributed by atoms with Crippen molar-refractivity contribution in [2.45, 2.75) is 6.18 Å². The second-order valence-corrected chi connectivity index (χ2v) is 7.54. The molecule has 0 unspecified atom stereocenters. The van der Waals surface area contributed by atoms with Crippen molar-refractivity contribution in [3.8, 4) is 11.3 Å². The number of aromatic nitrogens is 3. The van der Waals surface area contributed by atoms with E-state index in [1.807, 2.05) is 0 Å². The Morgan fingerprint density at radius 2 is 1.69 bits per heavy atom.